The van der Waals surface area contributed by atoms with E-state index in [9.17, 15) is 0 Å². The monoisotopic (exact) mass is 938 g/mol. The molecule has 280 valence electrons. The van der Waals surface area contributed by atoms with Gasteiger partial charge in [0.2, 0.25) is 0 Å². The minimum absolute atomic E-state index is 0.744. The van der Waals surface area contributed by atoms with E-state index in [-0.39, 0.29) is 0 Å². The highest BCUT2D eigenvalue weighted by Gasteiger charge is 2.01. The van der Waals surface area contributed by atoms with Gasteiger partial charge in [-0.3, -0.25) is 0 Å². The largest absolute Gasteiger partial charge is 0.183 e. The van der Waals surface area contributed by atoms with Gasteiger partial charge in [-0.15, -0.1) is 0 Å². The maximum absolute atomic E-state index is 4.20. The molecule has 0 spiro atoms. The molecule has 0 aromatic rings. The highest BCUT2D eigenvalue weighted by molar-refractivity contribution is 8.03. The van der Waals surface area contributed by atoms with Crippen LogP contribution in [0.2, 0.25) is 0 Å². The Hall–Kier alpha value is 5.95. The smallest absolute Gasteiger partial charge is 0.0223 e. The summed E-state index contributed by atoms with van der Waals surface area (Å²) in [5.74, 6) is 15.4. The fraction of sp³-hybridized carbons (Fsp3) is 1.00. The van der Waals surface area contributed by atoms with Crippen molar-refractivity contribution in [1.29, 1.82) is 0 Å². The molecule has 0 fully saturated rings. The van der Waals surface area contributed by atoms with Crippen molar-refractivity contribution in [2.75, 3.05) is 143 Å². The molecule has 2 unspecified atom stereocenters. The Kier molecular flexibility index (Phi) is 135. The second kappa shape index (κ2) is 87.1. The number of hydrogen-bond donors (Lipinski definition) is 8. The van der Waals surface area contributed by atoms with Crippen molar-refractivity contribution in [3.63, 3.8) is 0 Å². The molecule has 0 saturated heterocycles. The van der Waals surface area contributed by atoms with E-state index in [2.05, 4.69) is 157 Å². The molecule has 0 aliphatic rings. The van der Waals surface area contributed by atoms with Crippen LogP contribution in [0.25, 0.3) is 0 Å². The van der Waals surface area contributed by atoms with Crippen molar-refractivity contribution < 1.29 is 0 Å². The van der Waals surface area contributed by atoms with E-state index in [0.717, 1.165) is 50.8 Å². The number of thiol groups is 8. The molecule has 0 amide bonds. The van der Waals surface area contributed by atoms with Crippen molar-refractivity contribution >= 4 is 207 Å². The Morgan fingerprint density at radius 3 is 0.659 bits per heavy atom. The van der Waals surface area contributed by atoms with Crippen LogP contribution in [0.5, 0.6) is 0 Å². The van der Waals surface area contributed by atoms with Gasteiger partial charge in [-0.2, -0.15) is 207 Å². The fourth-order valence-corrected chi connectivity index (χ4v) is 9.75. The van der Waals surface area contributed by atoms with Crippen LogP contribution >= 0.6 is 207 Å². The first kappa shape index (κ1) is 68.0. The summed E-state index contributed by atoms with van der Waals surface area (Å²) in [6.45, 7) is 0. The third kappa shape index (κ3) is 110. The minimum Gasteiger partial charge on any atom is -0.183 e. The van der Waals surface area contributed by atoms with Crippen LogP contribution in [0.4, 0.5) is 0 Å². The molecule has 2 atom stereocenters. The summed E-state index contributed by atoms with van der Waals surface area (Å²) < 4.78 is 0. The first-order valence-electron chi connectivity index (χ1n) is 13.5. The van der Waals surface area contributed by atoms with Gasteiger partial charge in [-0.25, -0.2) is 0 Å². The maximum Gasteiger partial charge on any atom is 0.0223 e. The second-order valence-electron chi connectivity index (χ2n) is 6.93. The molecule has 0 saturated carbocycles. The van der Waals surface area contributed by atoms with E-state index in [1.54, 1.807) is 6.26 Å². The molecule has 0 bridgehead atoms. The molecule has 0 radical (unpaired) electrons. The standard InChI is InChI=1S/2C5H12S3.C4H10S2.4C3H8S2.CH4S/c2*1-7-4-5(3-6)8-2;1-6-4-2-3-5;4*1-5-3-2-4;1-2/h2*5-6H,3-4H2,1-2H3;5H,2-4H2,1H3;4*4H,2-3H2,1H3;2H,1H3. The summed E-state index contributed by atoms with van der Waals surface area (Å²) in [5.41, 5.74) is 0. The molecule has 0 aromatic heterocycles. The van der Waals surface area contributed by atoms with Crippen LogP contribution in [-0.2, 0) is 0 Å². The molecule has 0 aliphatic carbocycles. The first-order valence-corrected chi connectivity index (χ1v) is 31.1. The van der Waals surface area contributed by atoms with Crippen molar-refractivity contribution in [3.8, 4) is 0 Å². The average molecular weight is 940 g/mol. The van der Waals surface area contributed by atoms with Crippen LogP contribution in [0.1, 0.15) is 6.42 Å². The highest BCUT2D eigenvalue weighted by atomic mass is 32.2. The van der Waals surface area contributed by atoms with Crippen LogP contribution in [0.15, 0.2) is 0 Å². The molecular weight excluding hydrogens is 869 g/mol. The van der Waals surface area contributed by atoms with Crippen molar-refractivity contribution in [2.45, 2.75) is 16.9 Å². The Bertz CT molecular complexity index is 279. The van der Waals surface area contributed by atoms with Gasteiger partial charge in [0.05, 0.1) is 0 Å². The lowest BCUT2D eigenvalue weighted by Crippen LogP contribution is -2.06. The Morgan fingerprint density at radius 2 is 0.614 bits per heavy atom. The molecule has 0 nitrogen and oxygen atoms in total. The van der Waals surface area contributed by atoms with Gasteiger partial charge >= 0.3 is 0 Å². The molecule has 17 heteroatoms. The highest BCUT2D eigenvalue weighted by Crippen LogP contribution is 2.13. The number of rotatable bonds is 19. The summed E-state index contributed by atoms with van der Waals surface area (Å²) in [5, 5.41) is 1.49. The van der Waals surface area contributed by atoms with E-state index in [1.807, 2.05) is 106 Å². The zero-order valence-corrected chi connectivity index (χ0v) is 43.5. The van der Waals surface area contributed by atoms with Crippen molar-refractivity contribution in [2.24, 2.45) is 0 Å². The van der Waals surface area contributed by atoms with Crippen molar-refractivity contribution in [3.05, 3.63) is 0 Å². The van der Waals surface area contributed by atoms with Crippen LogP contribution in [-0.4, -0.2) is 154 Å². The van der Waals surface area contributed by atoms with E-state index >= 15 is 0 Å². The van der Waals surface area contributed by atoms with Gasteiger partial charge in [0, 0.05) is 56.5 Å². The minimum atomic E-state index is 0.744. The summed E-state index contributed by atoms with van der Waals surface area (Å²) in [4.78, 5) is 0. The molecule has 0 rings (SSSR count). The van der Waals surface area contributed by atoms with Crippen LogP contribution in [0.3, 0.4) is 0 Å². The Balaban J connectivity index is -0.0000000573. The quantitative estimate of drug-likeness (QED) is 0.0467. The van der Waals surface area contributed by atoms with Gasteiger partial charge < -0.3 is 0 Å². The predicted molar refractivity (Wildman–Crippen MR) is 280 cm³/mol. The molecule has 44 heavy (non-hydrogen) atoms. The first-order chi connectivity index (χ1) is 21.3. The third-order valence-electron chi connectivity index (χ3n) is 3.47. The van der Waals surface area contributed by atoms with Gasteiger partial charge in [0.1, 0.15) is 0 Å². The van der Waals surface area contributed by atoms with E-state index < -0.39 is 0 Å². The summed E-state index contributed by atoms with van der Waals surface area (Å²) in [6.07, 6.45) is 21.9. The van der Waals surface area contributed by atoms with Gasteiger partial charge in [0.15, 0.2) is 0 Å². The second-order valence-corrected chi connectivity index (χ2v) is 18.9. The molecule has 0 heterocycles. The lowest BCUT2D eigenvalue weighted by molar-refractivity contribution is 1.13. The SMILES string of the molecule is CS.CSCC(CS)SC.CSCC(CS)SC.CSCCCS.CSCCS.CSCCS.CSCCS.CSCCS. The predicted octanol–water partition coefficient (Wildman–Crippen LogP) is 11.4. The Labute approximate surface area is 362 Å². The molecular formula is C27H70S17. The van der Waals surface area contributed by atoms with Crippen LogP contribution < -0.4 is 0 Å². The fourth-order valence-electron chi connectivity index (χ4n) is 1.34. The summed E-state index contributed by atoms with van der Waals surface area (Å²) in [6, 6.07) is 0. The van der Waals surface area contributed by atoms with E-state index in [0.29, 0.717) is 0 Å². The maximum atomic E-state index is 4.20. The topological polar surface area (TPSA) is 0 Å². The summed E-state index contributed by atoms with van der Waals surface area (Å²) >= 11 is 48.6. The van der Waals surface area contributed by atoms with Crippen molar-refractivity contribution in [1.82, 2.24) is 0 Å². The number of hydrogen-bond acceptors (Lipinski definition) is 17. The lowest BCUT2D eigenvalue weighted by atomic mass is 10.5. The van der Waals surface area contributed by atoms with Gasteiger partial charge in [-0.05, 0) is 103 Å². The van der Waals surface area contributed by atoms with Crippen LogP contribution in [0, 0.1) is 0 Å². The summed E-state index contributed by atoms with van der Waals surface area (Å²) in [7, 11) is 0. The normalized spacial score (nSPS) is 10.2. The number of thioether (sulfide) groups is 9. The lowest BCUT2D eigenvalue weighted by Gasteiger charge is -2.06. The third-order valence-corrected chi connectivity index (χ3v) is 14.3. The van der Waals surface area contributed by atoms with E-state index in [1.165, 1.54) is 46.7 Å². The molecule has 0 N–H and O–H groups in total. The molecule has 0 aliphatic heterocycles. The Morgan fingerprint density at radius 1 is 0.364 bits per heavy atom. The zero-order chi connectivity index (χ0) is 36.1. The average Bonchev–Trinajstić information content (AvgIpc) is 3.05. The zero-order valence-electron chi connectivity index (χ0n) is 29.0. The molecule has 0 aromatic carbocycles. The van der Waals surface area contributed by atoms with Gasteiger partial charge in [0.25, 0.3) is 0 Å². The van der Waals surface area contributed by atoms with Gasteiger partial charge in [-0.1, -0.05) is 0 Å². The van der Waals surface area contributed by atoms with E-state index in [4.69, 9.17) is 0 Å².